The molecule has 0 saturated heterocycles. The van der Waals surface area contributed by atoms with Gasteiger partial charge in [-0.05, 0) is 96.3 Å². The van der Waals surface area contributed by atoms with Crippen molar-refractivity contribution in [1.29, 1.82) is 0 Å². The Kier molecular flexibility index (Phi) is 4.46. The summed E-state index contributed by atoms with van der Waals surface area (Å²) in [5, 5.41) is 4.40. The number of furan rings is 1. The van der Waals surface area contributed by atoms with Crippen LogP contribution in [0.1, 0.15) is 9.60 Å². The van der Waals surface area contributed by atoms with Crippen molar-refractivity contribution in [1.82, 2.24) is 0 Å². The Hall–Kier alpha value is -5.92. The highest BCUT2D eigenvalue weighted by atomic mass is 16.3. The van der Waals surface area contributed by atoms with E-state index < -0.39 is 12.1 Å². The maximum Gasteiger partial charge on any atom is 0.135 e. The predicted octanol–water partition coefficient (Wildman–Crippen LogP) is 12.6. The standard InChI is InChI=1S/C44H28O/c1-2-12-29(13-3-1)30-14-10-16-33(26-30)43-36-19-4-6-21-38(36)44(39-22-7-5-20-37(39)43)34-17-11-15-31(27-34)32-24-25-42-40(28-32)35-18-8-9-23-41(35)45-42/h1-28H/i8D,9D,18D,23D,24D,25D,28D. The third-order valence-electron chi connectivity index (χ3n) is 8.52. The van der Waals surface area contributed by atoms with Gasteiger partial charge >= 0.3 is 0 Å². The van der Waals surface area contributed by atoms with Crippen LogP contribution < -0.4 is 0 Å². The lowest BCUT2D eigenvalue weighted by atomic mass is 9.85. The van der Waals surface area contributed by atoms with Crippen molar-refractivity contribution < 1.29 is 14.0 Å². The maximum atomic E-state index is 9.33. The summed E-state index contributed by atoms with van der Waals surface area (Å²) in [6.07, 6.45) is 0. The van der Waals surface area contributed by atoms with Crippen LogP contribution in [0.25, 0.3) is 88.0 Å². The first-order valence-corrected chi connectivity index (χ1v) is 14.9. The molecule has 0 bridgehead atoms. The molecule has 0 fully saturated rings. The molecule has 0 aliphatic rings. The highest BCUT2D eigenvalue weighted by Crippen LogP contribution is 2.45. The van der Waals surface area contributed by atoms with Crippen molar-refractivity contribution in [2.45, 2.75) is 0 Å². The minimum Gasteiger partial charge on any atom is -0.456 e. The lowest BCUT2D eigenvalue weighted by Crippen LogP contribution is -1.91. The zero-order valence-electron chi connectivity index (χ0n) is 31.0. The first-order valence-electron chi connectivity index (χ1n) is 18.4. The molecule has 0 saturated carbocycles. The zero-order chi connectivity index (χ0) is 35.8. The molecule has 0 unspecified atom stereocenters. The van der Waals surface area contributed by atoms with E-state index >= 15 is 0 Å². The lowest BCUT2D eigenvalue weighted by Gasteiger charge is -2.18. The molecule has 0 aliphatic carbocycles. The zero-order valence-corrected chi connectivity index (χ0v) is 24.0. The maximum absolute atomic E-state index is 9.33. The summed E-state index contributed by atoms with van der Waals surface area (Å²) in [4.78, 5) is 0. The summed E-state index contributed by atoms with van der Waals surface area (Å²) in [5.74, 6) is 0. The molecule has 9 aromatic rings. The van der Waals surface area contributed by atoms with Gasteiger partial charge < -0.3 is 4.42 Å². The van der Waals surface area contributed by atoms with Crippen molar-refractivity contribution in [3.05, 3.63) is 170 Å². The molecule has 0 atom stereocenters. The fourth-order valence-corrected chi connectivity index (χ4v) is 6.51. The lowest BCUT2D eigenvalue weighted by molar-refractivity contribution is 0.669. The van der Waals surface area contributed by atoms with Crippen LogP contribution in [0.4, 0.5) is 0 Å². The van der Waals surface area contributed by atoms with Crippen molar-refractivity contribution in [3.63, 3.8) is 0 Å². The minimum atomic E-state index is -0.456. The van der Waals surface area contributed by atoms with Gasteiger partial charge in [0.1, 0.15) is 11.2 Å². The smallest absolute Gasteiger partial charge is 0.135 e. The second-order valence-corrected chi connectivity index (χ2v) is 11.1. The van der Waals surface area contributed by atoms with Gasteiger partial charge in [-0.25, -0.2) is 0 Å². The number of hydrogen-bond acceptors (Lipinski definition) is 1. The molecule has 1 heteroatoms. The van der Waals surface area contributed by atoms with E-state index in [1.54, 1.807) is 0 Å². The molecule has 0 N–H and O–H groups in total. The topological polar surface area (TPSA) is 13.1 Å². The van der Waals surface area contributed by atoms with Gasteiger partial charge in [0.25, 0.3) is 0 Å². The Labute approximate surface area is 271 Å². The monoisotopic (exact) mass is 579 g/mol. The van der Waals surface area contributed by atoms with Gasteiger partial charge in [0, 0.05) is 10.8 Å². The van der Waals surface area contributed by atoms with Gasteiger partial charge in [0.2, 0.25) is 0 Å². The van der Waals surface area contributed by atoms with E-state index in [0.717, 1.165) is 54.9 Å². The van der Waals surface area contributed by atoms with Crippen molar-refractivity contribution in [3.8, 4) is 44.5 Å². The number of hydrogen-bond donors (Lipinski definition) is 0. The summed E-state index contributed by atoms with van der Waals surface area (Å²) < 4.78 is 66.4. The Morgan fingerprint density at radius 1 is 0.356 bits per heavy atom. The molecule has 0 radical (unpaired) electrons. The molecule has 0 aliphatic heterocycles. The quantitative estimate of drug-likeness (QED) is 0.189. The third-order valence-corrected chi connectivity index (χ3v) is 8.52. The summed E-state index contributed by atoms with van der Waals surface area (Å²) in [7, 11) is 0. The second kappa shape index (κ2) is 10.4. The molecular formula is C44H28O. The Morgan fingerprint density at radius 2 is 0.844 bits per heavy atom. The molecule has 0 spiro atoms. The van der Waals surface area contributed by atoms with Crippen LogP contribution in [0, 0.1) is 0 Å². The van der Waals surface area contributed by atoms with Gasteiger partial charge in [0.05, 0.1) is 9.60 Å². The Morgan fingerprint density at radius 3 is 1.47 bits per heavy atom. The van der Waals surface area contributed by atoms with Crippen LogP contribution in [0.5, 0.6) is 0 Å². The SMILES string of the molecule is [2H]c1c([2H])c([2H])c2c(oc3c([2H])c([2H])c(-c4cccc(-c5c6ccccc6c(-c6cccc(-c7ccccc7)c6)c6ccccc56)c4)c([2H])c32)c1[2H]. The number of fused-ring (bicyclic) bond motifs is 5. The van der Waals surface area contributed by atoms with Crippen LogP contribution in [0.3, 0.4) is 0 Å². The highest BCUT2D eigenvalue weighted by molar-refractivity contribution is 6.21. The molecule has 1 heterocycles. The van der Waals surface area contributed by atoms with E-state index in [0.29, 0.717) is 5.56 Å². The first kappa shape index (κ1) is 19.4. The summed E-state index contributed by atoms with van der Waals surface area (Å²) in [5.41, 5.74) is 6.91. The number of benzene rings is 8. The van der Waals surface area contributed by atoms with Crippen LogP contribution in [-0.4, -0.2) is 0 Å². The fourth-order valence-electron chi connectivity index (χ4n) is 6.51. The average Bonchev–Trinajstić information content (AvgIpc) is 3.60. The van der Waals surface area contributed by atoms with Crippen molar-refractivity contribution >= 4 is 43.5 Å². The van der Waals surface area contributed by atoms with Crippen LogP contribution in [0.15, 0.2) is 174 Å². The minimum absolute atomic E-state index is 0.0424. The summed E-state index contributed by atoms with van der Waals surface area (Å²) in [6, 6.07) is 41.1. The fraction of sp³-hybridized carbons (Fsp3) is 0. The van der Waals surface area contributed by atoms with Crippen LogP contribution in [0.2, 0.25) is 0 Å². The molecule has 210 valence electrons. The molecule has 45 heavy (non-hydrogen) atoms. The summed E-state index contributed by atoms with van der Waals surface area (Å²) >= 11 is 0. The first-order chi connectivity index (χ1) is 25.2. The molecule has 8 aromatic carbocycles. The molecule has 0 amide bonds. The number of rotatable bonds is 4. The van der Waals surface area contributed by atoms with Gasteiger partial charge in [-0.1, -0.05) is 139 Å². The molecule has 1 aromatic heterocycles. The Bertz CT molecular complexity index is 2870. The van der Waals surface area contributed by atoms with Crippen LogP contribution >= 0.6 is 0 Å². The van der Waals surface area contributed by atoms with E-state index in [1.165, 1.54) is 0 Å². The normalized spacial score (nSPS) is 13.7. The van der Waals surface area contributed by atoms with E-state index in [2.05, 4.69) is 72.8 Å². The van der Waals surface area contributed by atoms with Gasteiger partial charge in [0.15, 0.2) is 0 Å². The van der Waals surface area contributed by atoms with Crippen molar-refractivity contribution in [2.24, 2.45) is 0 Å². The molecular weight excluding hydrogens is 544 g/mol. The van der Waals surface area contributed by atoms with E-state index in [4.69, 9.17) is 12.6 Å². The average molecular weight is 580 g/mol. The second-order valence-electron chi connectivity index (χ2n) is 11.1. The Balaban J connectivity index is 1.30. The largest absolute Gasteiger partial charge is 0.456 e. The van der Waals surface area contributed by atoms with Gasteiger partial charge in [-0.15, -0.1) is 0 Å². The highest BCUT2D eigenvalue weighted by Gasteiger charge is 2.17. The van der Waals surface area contributed by atoms with Gasteiger partial charge in [-0.2, -0.15) is 0 Å². The van der Waals surface area contributed by atoms with Crippen LogP contribution in [-0.2, 0) is 0 Å². The van der Waals surface area contributed by atoms with Crippen molar-refractivity contribution in [2.75, 3.05) is 0 Å². The number of para-hydroxylation sites is 1. The van der Waals surface area contributed by atoms with E-state index in [1.807, 2.05) is 54.6 Å². The summed E-state index contributed by atoms with van der Waals surface area (Å²) in [6.45, 7) is 0. The third kappa shape index (κ3) is 4.24. The predicted molar refractivity (Wildman–Crippen MR) is 190 cm³/mol. The van der Waals surface area contributed by atoms with Gasteiger partial charge in [-0.3, -0.25) is 0 Å². The molecule has 9 rings (SSSR count). The van der Waals surface area contributed by atoms with E-state index in [9.17, 15) is 1.37 Å². The van der Waals surface area contributed by atoms with E-state index in [-0.39, 0.29) is 57.7 Å². The molecule has 1 nitrogen and oxygen atoms in total.